The van der Waals surface area contributed by atoms with E-state index < -0.39 is 5.44 Å². The van der Waals surface area contributed by atoms with E-state index in [0.717, 1.165) is 6.16 Å². The minimum absolute atomic E-state index is 0.801. The van der Waals surface area contributed by atoms with Gasteiger partial charge in [-0.05, 0) is 6.92 Å². The maximum absolute atomic E-state index is 9.95. The van der Waals surface area contributed by atoms with Gasteiger partial charge in [0.2, 0.25) is 0 Å². The van der Waals surface area contributed by atoms with Crippen LogP contribution in [0.2, 0.25) is 0 Å². The molecule has 0 rings (SSSR count). The van der Waals surface area contributed by atoms with E-state index in [1.54, 1.807) is 0 Å². The second kappa shape index (κ2) is 3.04. The highest BCUT2D eigenvalue weighted by molar-refractivity contribution is 14.2. The van der Waals surface area contributed by atoms with E-state index in [9.17, 15) is 4.57 Å². The first-order valence-electron chi connectivity index (χ1n) is 1.37. The molecule has 0 saturated carbocycles. The average molecular weight is 203 g/mol. The van der Waals surface area contributed by atoms with Crippen molar-refractivity contribution in [2.75, 3.05) is 6.16 Å². The molecule has 0 aromatic heterocycles. The molecular weight excluding hydrogens is 198 g/mol. The van der Waals surface area contributed by atoms with Crippen LogP contribution < -0.4 is 0 Å². The Balaban J connectivity index is 2.85. The van der Waals surface area contributed by atoms with Gasteiger partial charge in [-0.25, -0.2) is 0 Å². The van der Waals surface area contributed by atoms with Crippen LogP contribution in [0.3, 0.4) is 0 Å². The molecule has 0 fully saturated rings. The molecule has 0 aliphatic rings. The van der Waals surface area contributed by atoms with Gasteiger partial charge in [-0.1, -0.05) is 4.57 Å². The SMILES string of the molecule is CC[P+](=O)I. The zero-order chi connectivity index (χ0) is 4.28. The summed E-state index contributed by atoms with van der Waals surface area (Å²) in [6.07, 6.45) is 0.801. The van der Waals surface area contributed by atoms with E-state index in [1.807, 2.05) is 29.0 Å². The summed E-state index contributed by atoms with van der Waals surface area (Å²) in [6, 6.07) is 0. The molecule has 0 aliphatic carbocycles. The van der Waals surface area contributed by atoms with E-state index in [0.29, 0.717) is 0 Å². The van der Waals surface area contributed by atoms with Crippen LogP contribution in [0.1, 0.15) is 6.92 Å². The van der Waals surface area contributed by atoms with Crippen LogP contribution in [-0.4, -0.2) is 6.16 Å². The molecular formula is C2H5IOP+. The topological polar surface area (TPSA) is 17.1 Å². The predicted molar refractivity (Wildman–Crippen MR) is 32.2 cm³/mol. The highest BCUT2D eigenvalue weighted by atomic mass is 127. The molecule has 0 aliphatic heterocycles. The Kier molecular flexibility index (Phi) is 3.54. The molecule has 0 N–H and O–H groups in total. The fraction of sp³-hybridized carbons (Fsp3) is 1.00. The molecule has 1 nitrogen and oxygen atoms in total. The number of halogens is 1. The lowest BCUT2D eigenvalue weighted by Crippen LogP contribution is -1.47. The molecule has 0 heterocycles. The molecule has 1 atom stereocenters. The summed E-state index contributed by atoms with van der Waals surface area (Å²) in [6.45, 7) is 1.91. The molecule has 0 radical (unpaired) electrons. The van der Waals surface area contributed by atoms with E-state index in [-0.39, 0.29) is 0 Å². The fourth-order valence-electron chi connectivity index (χ4n) is 0. The summed E-state index contributed by atoms with van der Waals surface area (Å²) in [4.78, 5) is 0. The van der Waals surface area contributed by atoms with Gasteiger partial charge in [0.15, 0.2) is 6.16 Å². The minimum atomic E-state index is -0.878. The van der Waals surface area contributed by atoms with E-state index in [1.165, 1.54) is 0 Å². The molecule has 0 saturated heterocycles. The molecule has 5 heavy (non-hydrogen) atoms. The summed E-state index contributed by atoms with van der Waals surface area (Å²) in [5.41, 5.74) is -0.878. The van der Waals surface area contributed by atoms with Crippen LogP contribution in [0.4, 0.5) is 0 Å². The zero-order valence-corrected chi connectivity index (χ0v) is 5.99. The van der Waals surface area contributed by atoms with Crippen LogP contribution in [-0.2, 0) is 4.57 Å². The van der Waals surface area contributed by atoms with Crippen molar-refractivity contribution >= 4 is 27.5 Å². The summed E-state index contributed by atoms with van der Waals surface area (Å²) in [5.74, 6) is 0. The van der Waals surface area contributed by atoms with Crippen molar-refractivity contribution in [2.45, 2.75) is 6.92 Å². The van der Waals surface area contributed by atoms with Gasteiger partial charge in [-0.15, -0.1) is 0 Å². The number of rotatable bonds is 1. The van der Waals surface area contributed by atoms with E-state index in [4.69, 9.17) is 0 Å². The summed E-state index contributed by atoms with van der Waals surface area (Å²) >= 11 is 1.92. The molecule has 0 aromatic rings. The number of hydrogen-bond acceptors (Lipinski definition) is 1. The Morgan fingerprint density at radius 1 is 2.00 bits per heavy atom. The highest BCUT2D eigenvalue weighted by Crippen LogP contribution is 2.28. The standard InChI is InChI=1S/C2H5IOP/c1-2-5(3)4/h2H2,1H3/q+1. The average Bonchev–Trinajstić information content (AvgIpc) is 1.38. The van der Waals surface area contributed by atoms with Gasteiger partial charge >= 0.3 is 5.44 Å². The van der Waals surface area contributed by atoms with Crippen molar-refractivity contribution in [1.82, 2.24) is 0 Å². The smallest absolute Gasteiger partial charge is 0.0638 e. The maximum Gasteiger partial charge on any atom is 0.404 e. The predicted octanol–water partition coefficient (Wildman–Crippen LogP) is 2.18. The van der Waals surface area contributed by atoms with Gasteiger partial charge in [0.1, 0.15) is 0 Å². The molecule has 0 spiro atoms. The van der Waals surface area contributed by atoms with E-state index >= 15 is 0 Å². The van der Waals surface area contributed by atoms with Crippen LogP contribution in [0.5, 0.6) is 0 Å². The Hall–Kier alpha value is 0.830. The molecule has 30 valence electrons. The lowest BCUT2D eigenvalue weighted by atomic mass is 11.0. The van der Waals surface area contributed by atoms with Crippen LogP contribution in [0.15, 0.2) is 0 Å². The van der Waals surface area contributed by atoms with Gasteiger partial charge in [0.25, 0.3) is 22.0 Å². The second-order valence-electron chi connectivity index (χ2n) is 0.634. The molecule has 0 aromatic carbocycles. The fourth-order valence-corrected chi connectivity index (χ4v) is 0. The first kappa shape index (κ1) is 5.83. The van der Waals surface area contributed by atoms with Gasteiger partial charge in [-0.2, -0.15) is 0 Å². The lowest BCUT2D eigenvalue weighted by molar-refractivity contribution is 0.598. The second-order valence-corrected chi connectivity index (χ2v) is 5.13. The van der Waals surface area contributed by atoms with Crippen LogP contribution >= 0.6 is 27.5 Å². The quantitative estimate of drug-likeness (QED) is 0.471. The van der Waals surface area contributed by atoms with Gasteiger partial charge in [0, 0.05) is 0 Å². The van der Waals surface area contributed by atoms with Crippen molar-refractivity contribution in [2.24, 2.45) is 0 Å². The maximum atomic E-state index is 9.95. The third-order valence-corrected chi connectivity index (χ3v) is 2.79. The van der Waals surface area contributed by atoms with Crippen molar-refractivity contribution in [3.05, 3.63) is 0 Å². The van der Waals surface area contributed by atoms with E-state index in [2.05, 4.69) is 0 Å². The molecule has 0 bridgehead atoms. The first-order chi connectivity index (χ1) is 2.27. The van der Waals surface area contributed by atoms with Gasteiger partial charge in [-0.3, -0.25) is 0 Å². The van der Waals surface area contributed by atoms with Crippen molar-refractivity contribution < 1.29 is 4.57 Å². The molecule has 3 heteroatoms. The highest BCUT2D eigenvalue weighted by Gasteiger charge is 1.99. The summed E-state index contributed by atoms with van der Waals surface area (Å²) in [5, 5.41) is 0. The Morgan fingerprint density at radius 3 is 2.20 bits per heavy atom. The molecule has 1 unspecified atom stereocenters. The lowest BCUT2D eigenvalue weighted by Gasteiger charge is -1.51. The van der Waals surface area contributed by atoms with Crippen molar-refractivity contribution in [1.29, 1.82) is 0 Å². The summed E-state index contributed by atoms with van der Waals surface area (Å²) in [7, 11) is 0. The third-order valence-electron chi connectivity index (χ3n) is 0.249. The van der Waals surface area contributed by atoms with Crippen molar-refractivity contribution in [3.8, 4) is 0 Å². The Bertz CT molecular complexity index is 44.9. The van der Waals surface area contributed by atoms with Crippen LogP contribution in [0, 0.1) is 0 Å². The summed E-state index contributed by atoms with van der Waals surface area (Å²) < 4.78 is 9.95. The minimum Gasteiger partial charge on any atom is -0.0638 e. The monoisotopic (exact) mass is 203 g/mol. The largest absolute Gasteiger partial charge is 0.404 e. The number of hydrogen-bond donors (Lipinski definition) is 0. The van der Waals surface area contributed by atoms with Gasteiger partial charge < -0.3 is 0 Å². The molecule has 0 amide bonds. The Labute approximate surface area is 45.4 Å². The van der Waals surface area contributed by atoms with Gasteiger partial charge in [0.05, 0.1) is 0 Å². The zero-order valence-electron chi connectivity index (χ0n) is 2.94. The third kappa shape index (κ3) is 4.83. The Morgan fingerprint density at radius 2 is 2.20 bits per heavy atom. The van der Waals surface area contributed by atoms with Crippen molar-refractivity contribution in [3.63, 3.8) is 0 Å². The normalized spacial score (nSPS) is 11.2. The first-order valence-corrected chi connectivity index (χ1v) is 5.61. The van der Waals surface area contributed by atoms with Crippen LogP contribution in [0.25, 0.3) is 0 Å².